The summed E-state index contributed by atoms with van der Waals surface area (Å²) in [5.41, 5.74) is 5.04. The highest BCUT2D eigenvalue weighted by Gasteiger charge is 2.37. The van der Waals surface area contributed by atoms with Gasteiger partial charge in [0.1, 0.15) is 17.9 Å². The Morgan fingerprint density at radius 3 is 2.24 bits per heavy atom. The number of benzene rings is 3. The van der Waals surface area contributed by atoms with Crippen molar-refractivity contribution in [1.29, 1.82) is 0 Å². The molecule has 34 heavy (non-hydrogen) atoms. The van der Waals surface area contributed by atoms with E-state index in [1.54, 1.807) is 36.4 Å². The van der Waals surface area contributed by atoms with Gasteiger partial charge in [0, 0.05) is 10.0 Å². The molecule has 0 radical (unpaired) electrons. The molecular weight excluding hydrogens is 496 g/mol. The Bertz CT molecular complexity index is 1310. The van der Waals surface area contributed by atoms with Crippen LogP contribution in [0.5, 0.6) is 5.75 Å². The Morgan fingerprint density at radius 2 is 1.56 bits per heavy atom. The molecule has 1 aliphatic rings. The molecule has 6 nitrogen and oxygen atoms in total. The first-order valence-corrected chi connectivity index (χ1v) is 11.5. The molecule has 0 unspecified atom stereocenters. The maximum absolute atomic E-state index is 13.2. The fourth-order valence-electron chi connectivity index (χ4n) is 3.82. The van der Waals surface area contributed by atoms with Crippen LogP contribution in [0.4, 0.5) is 10.5 Å². The van der Waals surface area contributed by atoms with E-state index in [1.807, 2.05) is 39.0 Å². The van der Waals surface area contributed by atoms with Crippen LogP contribution in [0.25, 0.3) is 6.08 Å². The SMILES string of the molecule is Cc1ccc(N2C(=O)NC(=O)/C(=C\c3cc(Br)ccc3OCc3cc(C)cc(C)c3)C2=O)cc1. The summed E-state index contributed by atoms with van der Waals surface area (Å²) in [6.45, 7) is 6.29. The maximum atomic E-state index is 13.2. The van der Waals surface area contributed by atoms with Crippen LogP contribution >= 0.6 is 15.9 Å². The van der Waals surface area contributed by atoms with E-state index < -0.39 is 17.8 Å². The lowest BCUT2D eigenvalue weighted by Crippen LogP contribution is -2.54. The average molecular weight is 519 g/mol. The molecule has 4 amide bonds. The quantitative estimate of drug-likeness (QED) is 0.351. The zero-order chi connectivity index (χ0) is 24.4. The van der Waals surface area contributed by atoms with Crippen molar-refractivity contribution in [3.8, 4) is 5.75 Å². The van der Waals surface area contributed by atoms with E-state index >= 15 is 0 Å². The molecule has 1 heterocycles. The topological polar surface area (TPSA) is 75.7 Å². The zero-order valence-electron chi connectivity index (χ0n) is 19.0. The monoisotopic (exact) mass is 518 g/mol. The van der Waals surface area contributed by atoms with Crippen molar-refractivity contribution in [2.75, 3.05) is 4.90 Å². The lowest BCUT2D eigenvalue weighted by molar-refractivity contribution is -0.122. The minimum atomic E-state index is -0.781. The van der Waals surface area contributed by atoms with Crippen LogP contribution in [0.1, 0.15) is 27.8 Å². The van der Waals surface area contributed by atoms with Crippen LogP contribution in [-0.4, -0.2) is 17.8 Å². The molecule has 1 aliphatic heterocycles. The lowest BCUT2D eigenvalue weighted by Gasteiger charge is -2.26. The van der Waals surface area contributed by atoms with Crippen molar-refractivity contribution < 1.29 is 19.1 Å². The third kappa shape index (κ3) is 5.10. The summed E-state index contributed by atoms with van der Waals surface area (Å²) in [5, 5.41) is 2.25. The highest BCUT2D eigenvalue weighted by Crippen LogP contribution is 2.29. The normalized spacial score (nSPS) is 15.0. The van der Waals surface area contributed by atoms with Gasteiger partial charge in [0.2, 0.25) is 0 Å². The second kappa shape index (κ2) is 9.65. The van der Waals surface area contributed by atoms with E-state index in [9.17, 15) is 14.4 Å². The van der Waals surface area contributed by atoms with Crippen molar-refractivity contribution in [3.05, 3.63) is 98.5 Å². The van der Waals surface area contributed by atoms with Gasteiger partial charge in [-0.2, -0.15) is 0 Å². The predicted molar refractivity (Wildman–Crippen MR) is 135 cm³/mol. The number of anilines is 1. The van der Waals surface area contributed by atoms with E-state index in [0.717, 1.165) is 31.6 Å². The fraction of sp³-hybridized carbons (Fsp3) is 0.148. The van der Waals surface area contributed by atoms with E-state index in [4.69, 9.17) is 4.74 Å². The number of amides is 4. The van der Waals surface area contributed by atoms with Gasteiger partial charge in [0.05, 0.1) is 5.69 Å². The third-order valence-corrected chi connectivity index (χ3v) is 5.83. The van der Waals surface area contributed by atoms with Crippen LogP contribution in [0.3, 0.4) is 0 Å². The molecule has 1 fully saturated rings. The largest absolute Gasteiger partial charge is 0.488 e. The van der Waals surface area contributed by atoms with Gasteiger partial charge >= 0.3 is 6.03 Å². The van der Waals surface area contributed by atoms with Crippen LogP contribution in [0, 0.1) is 20.8 Å². The molecule has 0 atom stereocenters. The molecule has 0 spiro atoms. The summed E-state index contributed by atoms with van der Waals surface area (Å²) in [5.74, 6) is -0.939. The Labute approximate surface area is 206 Å². The molecule has 1 N–H and O–H groups in total. The van der Waals surface area contributed by atoms with Gasteiger partial charge in [0.25, 0.3) is 11.8 Å². The number of hydrogen-bond acceptors (Lipinski definition) is 4. The molecule has 7 heteroatoms. The first-order chi connectivity index (χ1) is 16.2. The highest BCUT2D eigenvalue weighted by molar-refractivity contribution is 9.10. The number of carbonyl (C=O) groups excluding carboxylic acids is 3. The second-order valence-electron chi connectivity index (χ2n) is 8.26. The van der Waals surface area contributed by atoms with Gasteiger partial charge in [-0.1, -0.05) is 63.0 Å². The second-order valence-corrected chi connectivity index (χ2v) is 9.18. The number of hydrogen-bond donors (Lipinski definition) is 1. The third-order valence-electron chi connectivity index (χ3n) is 5.34. The molecule has 0 aromatic heterocycles. The molecule has 3 aromatic rings. The zero-order valence-corrected chi connectivity index (χ0v) is 20.6. The number of aryl methyl sites for hydroxylation is 3. The van der Waals surface area contributed by atoms with E-state index in [2.05, 4.69) is 27.3 Å². The smallest absolute Gasteiger partial charge is 0.335 e. The van der Waals surface area contributed by atoms with Gasteiger partial charge in [-0.05, 0) is 62.7 Å². The average Bonchev–Trinajstić information content (AvgIpc) is 2.76. The number of ether oxygens (including phenoxy) is 1. The fourth-order valence-corrected chi connectivity index (χ4v) is 4.20. The Balaban J connectivity index is 1.67. The number of barbiturate groups is 1. The highest BCUT2D eigenvalue weighted by atomic mass is 79.9. The van der Waals surface area contributed by atoms with Crippen molar-refractivity contribution in [1.82, 2.24) is 5.32 Å². The van der Waals surface area contributed by atoms with Crippen LogP contribution in [-0.2, 0) is 16.2 Å². The first kappa shape index (κ1) is 23.4. The maximum Gasteiger partial charge on any atom is 0.335 e. The van der Waals surface area contributed by atoms with Gasteiger partial charge in [-0.3, -0.25) is 14.9 Å². The Hall–Kier alpha value is -3.71. The van der Waals surface area contributed by atoms with Crippen molar-refractivity contribution in [3.63, 3.8) is 0 Å². The van der Waals surface area contributed by atoms with Gasteiger partial charge < -0.3 is 4.74 Å². The number of carbonyl (C=O) groups is 3. The molecule has 1 saturated heterocycles. The molecule has 172 valence electrons. The van der Waals surface area contributed by atoms with Crippen LogP contribution < -0.4 is 15.0 Å². The first-order valence-electron chi connectivity index (χ1n) is 10.7. The summed E-state index contributed by atoms with van der Waals surface area (Å²) < 4.78 is 6.81. The molecule has 4 rings (SSSR count). The van der Waals surface area contributed by atoms with E-state index in [1.165, 1.54) is 6.08 Å². The standard InChI is InChI=1S/C27H23BrN2O4/c1-16-4-7-22(8-5-16)30-26(32)23(25(31)29-27(30)33)14-20-13-21(28)6-9-24(20)34-15-19-11-17(2)10-18(3)12-19/h4-14H,15H2,1-3H3,(H,29,31,33)/b23-14+. The molecule has 0 aliphatic carbocycles. The van der Waals surface area contributed by atoms with Crippen LogP contribution in [0.15, 0.2) is 70.7 Å². The van der Waals surface area contributed by atoms with Crippen molar-refractivity contribution >= 4 is 45.5 Å². The van der Waals surface area contributed by atoms with E-state index in [-0.39, 0.29) is 5.57 Å². The minimum Gasteiger partial charge on any atom is -0.488 e. The molecular formula is C27H23BrN2O4. The summed E-state index contributed by atoms with van der Waals surface area (Å²) >= 11 is 3.44. The lowest BCUT2D eigenvalue weighted by atomic mass is 10.1. The number of nitrogens with one attached hydrogen (secondary N) is 1. The van der Waals surface area contributed by atoms with Crippen molar-refractivity contribution in [2.45, 2.75) is 27.4 Å². The number of imide groups is 2. The number of halogens is 1. The summed E-state index contributed by atoms with van der Waals surface area (Å²) in [6.07, 6.45) is 1.45. The van der Waals surface area contributed by atoms with Gasteiger partial charge in [-0.15, -0.1) is 0 Å². The number of nitrogens with zero attached hydrogens (tertiary/aromatic N) is 1. The molecule has 0 saturated carbocycles. The van der Waals surface area contributed by atoms with Crippen molar-refractivity contribution in [2.24, 2.45) is 0 Å². The van der Waals surface area contributed by atoms with Crippen LogP contribution in [0.2, 0.25) is 0 Å². The minimum absolute atomic E-state index is 0.158. The Kier molecular flexibility index (Phi) is 6.65. The predicted octanol–water partition coefficient (Wildman–Crippen LogP) is 5.62. The van der Waals surface area contributed by atoms with Gasteiger partial charge in [-0.25, -0.2) is 9.69 Å². The number of rotatable bonds is 5. The molecule has 0 bridgehead atoms. The van der Waals surface area contributed by atoms with Gasteiger partial charge in [0.15, 0.2) is 0 Å². The molecule has 3 aromatic carbocycles. The van der Waals surface area contributed by atoms with E-state index in [0.29, 0.717) is 23.6 Å². The Morgan fingerprint density at radius 1 is 0.882 bits per heavy atom. The summed E-state index contributed by atoms with van der Waals surface area (Å²) in [6, 6.07) is 17.7. The summed E-state index contributed by atoms with van der Waals surface area (Å²) in [4.78, 5) is 39.2. The summed E-state index contributed by atoms with van der Waals surface area (Å²) in [7, 11) is 0. The number of urea groups is 1.